The lowest BCUT2D eigenvalue weighted by Gasteiger charge is -2.43. The van der Waals surface area contributed by atoms with Crippen LogP contribution in [0.2, 0.25) is 0 Å². The summed E-state index contributed by atoms with van der Waals surface area (Å²) in [7, 11) is -8.83. The van der Waals surface area contributed by atoms with Crippen LogP contribution in [0, 0.1) is 0 Å². The van der Waals surface area contributed by atoms with Crippen LogP contribution < -0.4 is 0 Å². The number of carbonyl (C=O) groups excluding carboxylic acids is 1. The predicted octanol–water partition coefficient (Wildman–Crippen LogP) is 7.73. The van der Waals surface area contributed by atoms with Gasteiger partial charge in [0.15, 0.2) is 5.78 Å². The lowest BCUT2D eigenvalue weighted by Crippen LogP contribution is -2.68. The molecule has 0 saturated carbocycles. The molecule has 0 spiro atoms. The third-order valence-corrected chi connectivity index (χ3v) is 8.26. The lowest BCUT2D eigenvalue weighted by atomic mass is 9.84. The number of halogens is 17. The van der Waals surface area contributed by atoms with Gasteiger partial charge in [-0.15, -0.1) is 0 Å². The fourth-order valence-electron chi connectivity index (χ4n) is 3.38. The molecule has 2 rings (SSSR count). The minimum absolute atomic E-state index is 0.135. The number of carbonyl (C=O) groups is 1. The van der Waals surface area contributed by atoms with Crippen LogP contribution in [0.1, 0.15) is 23.9 Å². The first-order valence-corrected chi connectivity index (χ1v) is 12.5. The van der Waals surface area contributed by atoms with Gasteiger partial charge in [0.05, 0.1) is 0 Å². The Kier molecular flexibility index (Phi) is 9.55. The molecule has 0 aliphatic heterocycles. The van der Waals surface area contributed by atoms with Gasteiger partial charge in [0.25, 0.3) is 0 Å². The van der Waals surface area contributed by atoms with Crippen LogP contribution in [-0.2, 0) is 18.1 Å². The molecular formula is C20H13F17O4Si. The smallest absolute Gasteiger partial charge is 0.305 e. The standard InChI is InChI=1S/C20H13F17O4Si/c21-11-8-4-5-9-14(11,22)13(38)12(10-6-2-1-3-7-10)42(39-18(32,33)15(23,24)25,40-19(34,35)16(26,27)28)41-20(36,37)17(29,30)31/h1-3,5-7,9,11-12H,4,8H2. The Morgan fingerprint density at radius 2 is 1.12 bits per heavy atom. The van der Waals surface area contributed by atoms with Crippen LogP contribution >= 0.6 is 0 Å². The third-order valence-electron chi connectivity index (χ3n) is 5.33. The van der Waals surface area contributed by atoms with Crippen LogP contribution in [-0.4, -0.2) is 63.3 Å². The summed E-state index contributed by atoms with van der Waals surface area (Å²) in [5, 5.41) is 0. The van der Waals surface area contributed by atoms with E-state index in [-0.39, 0.29) is 18.2 Å². The summed E-state index contributed by atoms with van der Waals surface area (Å²) in [4.78, 5) is 13.2. The van der Waals surface area contributed by atoms with Gasteiger partial charge in [0, 0.05) is 0 Å². The molecule has 240 valence electrons. The largest absolute Gasteiger partial charge is 0.530 e. The van der Waals surface area contributed by atoms with Crippen LogP contribution in [0.5, 0.6) is 0 Å². The zero-order chi connectivity index (χ0) is 32.8. The summed E-state index contributed by atoms with van der Waals surface area (Å²) in [6.07, 6.45) is -48.1. The molecule has 0 radical (unpaired) electrons. The van der Waals surface area contributed by atoms with E-state index in [9.17, 15) is 75.0 Å². The molecule has 0 N–H and O–H groups in total. The third kappa shape index (κ3) is 7.01. The first-order valence-electron chi connectivity index (χ1n) is 10.7. The Labute approximate surface area is 223 Å². The summed E-state index contributed by atoms with van der Waals surface area (Å²) >= 11 is 0. The Morgan fingerprint density at radius 1 is 0.738 bits per heavy atom. The van der Waals surface area contributed by atoms with E-state index in [1.165, 1.54) is 0 Å². The number of alkyl halides is 17. The number of ketones is 1. The minimum Gasteiger partial charge on any atom is -0.305 e. The van der Waals surface area contributed by atoms with Crippen molar-refractivity contribution in [2.75, 3.05) is 0 Å². The maximum atomic E-state index is 15.6. The molecule has 0 amide bonds. The first-order chi connectivity index (χ1) is 18.6. The Hall–Kier alpha value is -2.46. The molecule has 0 heterocycles. The van der Waals surface area contributed by atoms with Crippen LogP contribution in [0.3, 0.4) is 0 Å². The minimum atomic E-state index is -8.83. The molecule has 1 aromatic rings. The average Bonchev–Trinajstić information content (AvgIpc) is 2.78. The Balaban J connectivity index is 3.12. The van der Waals surface area contributed by atoms with Crippen molar-refractivity contribution in [3.05, 3.63) is 48.0 Å². The lowest BCUT2D eigenvalue weighted by molar-refractivity contribution is -0.422. The highest BCUT2D eigenvalue weighted by molar-refractivity contribution is 6.67. The van der Waals surface area contributed by atoms with Gasteiger partial charge in [-0.2, -0.15) is 65.9 Å². The van der Waals surface area contributed by atoms with E-state index in [1.807, 2.05) is 0 Å². The average molecular weight is 668 g/mol. The maximum absolute atomic E-state index is 15.6. The Bertz CT molecular complexity index is 1060. The van der Waals surface area contributed by atoms with Crippen molar-refractivity contribution in [2.24, 2.45) is 0 Å². The van der Waals surface area contributed by atoms with Gasteiger partial charge in [0.1, 0.15) is 11.7 Å². The molecular weight excluding hydrogens is 655 g/mol. The highest BCUT2D eigenvalue weighted by Crippen LogP contribution is 2.52. The monoisotopic (exact) mass is 668 g/mol. The molecule has 1 aliphatic rings. The molecule has 4 nitrogen and oxygen atoms in total. The predicted molar refractivity (Wildman–Crippen MR) is 103 cm³/mol. The fraction of sp³-hybridized carbons (Fsp3) is 0.550. The molecule has 1 aromatic carbocycles. The van der Waals surface area contributed by atoms with Crippen molar-refractivity contribution in [1.29, 1.82) is 0 Å². The second-order valence-electron chi connectivity index (χ2n) is 8.38. The summed E-state index contributed by atoms with van der Waals surface area (Å²) in [5.74, 6) is -3.03. The van der Waals surface area contributed by atoms with Gasteiger partial charge in [0.2, 0.25) is 5.67 Å². The van der Waals surface area contributed by atoms with Gasteiger partial charge >= 0.3 is 45.7 Å². The van der Waals surface area contributed by atoms with Crippen LogP contribution in [0.25, 0.3) is 0 Å². The van der Waals surface area contributed by atoms with E-state index in [2.05, 4.69) is 13.3 Å². The van der Waals surface area contributed by atoms with Gasteiger partial charge in [-0.1, -0.05) is 36.4 Å². The number of Topliss-reactive ketones (excluding diaryl/α,β-unsaturated/α-hetero) is 1. The molecule has 0 aromatic heterocycles. The zero-order valence-corrected chi connectivity index (χ0v) is 20.7. The molecule has 1 aliphatic carbocycles. The highest BCUT2D eigenvalue weighted by atomic mass is 28.4. The molecule has 3 atom stereocenters. The molecule has 0 fully saturated rings. The zero-order valence-electron chi connectivity index (χ0n) is 19.7. The molecule has 42 heavy (non-hydrogen) atoms. The summed E-state index contributed by atoms with van der Waals surface area (Å²) in [6.45, 7) is 0. The quantitative estimate of drug-likeness (QED) is 0.146. The van der Waals surface area contributed by atoms with E-state index in [1.54, 1.807) is 0 Å². The summed E-state index contributed by atoms with van der Waals surface area (Å²) in [6, 6.07) is 2.35. The van der Waals surface area contributed by atoms with Gasteiger partial charge in [-0.25, -0.2) is 8.78 Å². The summed E-state index contributed by atoms with van der Waals surface area (Å²) < 4.78 is 241. The number of hydrogen-bond donors (Lipinski definition) is 0. The van der Waals surface area contributed by atoms with E-state index in [4.69, 9.17) is 0 Å². The Morgan fingerprint density at radius 3 is 1.45 bits per heavy atom. The van der Waals surface area contributed by atoms with E-state index < -0.39 is 87.2 Å². The molecule has 22 heteroatoms. The summed E-state index contributed by atoms with van der Waals surface area (Å²) in [5.41, 5.74) is -10.3. The number of rotatable bonds is 10. The first kappa shape index (κ1) is 35.7. The van der Waals surface area contributed by atoms with Gasteiger partial charge in [-0.3, -0.25) is 4.79 Å². The van der Waals surface area contributed by atoms with Gasteiger partial charge < -0.3 is 13.3 Å². The SMILES string of the molecule is O=C(C(c1ccccc1)[Si](OC(F)(F)C(F)(F)F)(OC(F)(F)C(F)(F)F)OC(F)(F)C(F)(F)F)C1(F)C=CCCC1F. The van der Waals surface area contributed by atoms with Crippen molar-refractivity contribution in [1.82, 2.24) is 0 Å². The van der Waals surface area contributed by atoms with Crippen molar-refractivity contribution >= 4 is 14.6 Å². The second-order valence-corrected chi connectivity index (χ2v) is 10.8. The fourth-order valence-corrected chi connectivity index (χ4v) is 6.42. The topological polar surface area (TPSA) is 44.8 Å². The maximum Gasteiger partial charge on any atom is 0.530 e. The normalized spacial score (nSPS) is 22.3. The molecule has 0 bridgehead atoms. The molecule has 0 saturated heterocycles. The highest BCUT2D eigenvalue weighted by Gasteiger charge is 2.78. The molecule has 3 unspecified atom stereocenters. The second kappa shape index (κ2) is 11.2. The number of allylic oxidation sites excluding steroid dienone is 2. The van der Waals surface area contributed by atoms with Crippen molar-refractivity contribution < 1.29 is 92.7 Å². The van der Waals surface area contributed by atoms with E-state index >= 15 is 4.39 Å². The van der Waals surface area contributed by atoms with E-state index in [0.717, 1.165) is 6.07 Å². The van der Waals surface area contributed by atoms with Gasteiger partial charge in [-0.05, 0) is 24.5 Å². The van der Waals surface area contributed by atoms with Crippen LogP contribution in [0.15, 0.2) is 42.5 Å². The van der Waals surface area contributed by atoms with Crippen LogP contribution in [0.4, 0.5) is 74.6 Å². The number of benzene rings is 1. The number of hydrogen-bond acceptors (Lipinski definition) is 4. The van der Waals surface area contributed by atoms with E-state index in [0.29, 0.717) is 18.2 Å². The van der Waals surface area contributed by atoms with Crippen molar-refractivity contribution in [3.63, 3.8) is 0 Å². The van der Waals surface area contributed by atoms with Crippen molar-refractivity contribution in [3.8, 4) is 0 Å². The van der Waals surface area contributed by atoms with Crippen molar-refractivity contribution in [2.45, 2.75) is 67.1 Å².